The van der Waals surface area contributed by atoms with Crippen LogP contribution in [0, 0.1) is 0 Å². The molecule has 0 aromatic carbocycles. The third kappa shape index (κ3) is 5.27. The summed E-state index contributed by atoms with van der Waals surface area (Å²) in [5.41, 5.74) is 10.2. The van der Waals surface area contributed by atoms with Crippen LogP contribution in [0.15, 0.2) is 41.0 Å². The zero-order chi connectivity index (χ0) is 10.9. The Balaban J connectivity index is 2.76. The van der Waals surface area contributed by atoms with Crippen LogP contribution in [0.1, 0.15) is 33.1 Å². The highest BCUT2D eigenvalue weighted by Gasteiger charge is 2.06. The minimum Gasteiger partial charge on any atom is -0.314 e. The first-order chi connectivity index (χ1) is 7.33. The molecule has 0 radical (unpaired) electrons. The molecule has 1 unspecified atom stereocenters. The Morgan fingerprint density at radius 2 is 2.33 bits per heavy atom. The van der Waals surface area contributed by atoms with Crippen molar-refractivity contribution < 1.29 is 0 Å². The highest BCUT2D eigenvalue weighted by Crippen LogP contribution is 2.10. The van der Waals surface area contributed by atoms with Crippen LogP contribution >= 0.6 is 0 Å². The summed E-state index contributed by atoms with van der Waals surface area (Å²) in [5, 5.41) is 3.51. The van der Waals surface area contributed by atoms with Crippen LogP contribution in [0.25, 0.3) is 0 Å². The summed E-state index contributed by atoms with van der Waals surface area (Å²) in [5.74, 6) is 0. The first-order valence-corrected chi connectivity index (χ1v) is 5.63. The molecule has 1 heteroatoms. The van der Waals surface area contributed by atoms with E-state index in [4.69, 9.17) is 0 Å². The van der Waals surface area contributed by atoms with Gasteiger partial charge in [-0.05, 0) is 50.6 Å². The van der Waals surface area contributed by atoms with Gasteiger partial charge in [-0.25, -0.2) is 0 Å². The Bertz CT molecular complexity index is 344. The van der Waals surface area contributed by atoms with Gasteiger partial charge >= 0.3 is 0 Å². The molecule has 0 heterocycles. The quantitative estimate of drug-likeness (QED) is 0.677. The van der Waals surface area contributed by atoms with Crippen molar-refractivity contribution in [2.24, 2.45) is 0 Å². The summed E-state index contributed by atoms with van der Waals surface area (Å²) >= 11 is 0. The Labute approximate surface area is 92.6 Å². The Morgan fingerprint density at radius 1 is 1.47 bits per heavy atom. The first kappa shape index (κ1) is 11.9. The van der Waals surface area contributed by atoms with Crippen LogP contribution in [0.4, 0.5) is 0 Å². The molecule has 80 valence electrons. The normalized spacial score (nSPS) is 24.7. The van der Waals surface area contributed by atoms with Gasteiger partial charge in [-0.3, -0.25) is 0 Å². The van der Waals surface area contributed by atoms with Crippen molar-refractivity contribution >= 4 is 0 Å². The average Bonchev–Trinajstić information content (AvgIpc) is 2.25. The summed E-state index contributed by atoms with van der Waals surface area (Å²) in [6, 6.07) is 0.579. The lowest BCUT2D eigenvalue weighted by atomic mass is 10.0. The van der Waals surface area contributed by atoms with Gasteiger partial charge < -0.3 is 5.32 Å². The average molecular weight is 201 g/mol. The van der Waals surface area contributed by atoms with Gasteiger partial charge in [0.1, 0.15) is 0 Å². The zero-order valence-corrected chi connectivity index (χ0v) is 9.64. The highest BCUT2D eigenvalue weighted by atomic mass is 14.9. The number of allylic oxidation sites excluding steroid dienone is 3. The molecule has 0 fully saturated rings. The van der Waals surface area contributed by atoms with Gasteiger partial charge in [0.15, 0.2) is 0 Å². The number of hydrogen-bond acceptors (Lipinski definition) is 1. The van der Waals surface area contributed by atoms with Crippen molar-refractivity contribution in [3.05, 3.63) is 41.0 Å². The van der Waals surface area contributed by atoms with E-state index in [1.165, 1.54) is 5.57 Å². The summed E-state index contributed by atoms with van der Waals surface area (Å²) in [7, 11) is 0. The monoisotopic (exact) mass is 201 g/mol. The highest BCUT2D eigenvalue weighted by molar-refractivity contribution is 5.11. The third-order valence-corrected chi connectivity index (χ3v) is 2.42. The van der Waals surface area contributed by atoms with Gasteiger partial charge in [-0.15, -0.1) is 0 Å². The fourth-order valence-electron chi connectivity index (χ4n) is 1.70. The number of hydrogen-bond donors (Lipinski definition) is 1. The van der Waals surface area contributed by atoms with Crippen LogP contribution in [0.2, 0.25) is 0 Å². The van der Waals surface area contributed by atoms with E-state index in [1.807, 2.05) is 12.2 Å². The molecule has 1 rings (SSSR count). The molecular formula is C14H19N. The molecule has 1 aliphatic carbocycles. The predicted octanol–water partition coefficient (Wildman–Crippen LogP) is 3.12. The van der Waals surface area contributed by atoms with Crippen molar-refractivity contribution in [1.82, 2.24) is 5.32 Å². The van der Waals surface area contributed by atoms with Gasteiger partial charge in [-0.1, -0.05) is 30.0 Å². The molecule has 0 saturated heterocycles. The second-order valence-corrected chi connectivity index (χ2v) is 3.83. The lowest BCUT2D eigenvalue weighted by molar-refractivity contribution is 0.493. The van der Waals surface area contributed by atoms with Gasteiger partial charge in [0.2, 0.25) is 0 Å². The van der Waals surface area contributed by atoms with Crippen molar-refractivity contribution in [1.29, 1.82) is 0 Å². The van der Waals surface area contributed by atoms with E-state index in [9.17, 15) is 0 Å². The fraction of sp³-hybridized carbons (Fsp3) is 0.500. The molecule has 1 aliphatic rings. The van der Waals surface area contributed by atoms with E-state index in [-0.39, 0.29) is 0 Å². The van der Waals surface area contributed by atoms with Gasteiger partial charge in [0.05, 0.1) is 0 Å². The molecule has 15 heavy (non-hydrogen) atoms. The number of nitrogens with one attached hydrogen (secondary N) is 1. The van der Waals surface area contributed by atoms with E-state index in [1.54, 1.807) is 0 Å². The lowest BCUT2D eigenvalue weighted by Gasteiger charge is -2.17. The Kier molecular flexibility index (Phi) is 5.63. The summed E-state index contributed by atoms with van der Waals surface area (Å²) < 4.78 is 0. The molecule has 0 aromatic heterocycles. The number of rotatable bonds is 2. The summed E-state index contributed by atoms with van der Waals surface area (Å²) in [6.45, 7) is 5.35. The molecule has 0 bridgehead atoms. The molecule has 0 aliphatic heterocycles. The van der Waals surface area contributed by atoms with Gasteiger partial charge in [0.25, 0.3) is 0 Å². The van der Waals surface area contributed by atoms with E-state index in [2.05, 4.69) is 42.4 Å². The predicted molar refractivity (Wildman–Crippen MR) is 64.8 cm³/mol. The molecule has 1 N–H and O–H groups in total. The summed E-state index contributed by atoms with van der Waals surface area (Å²) in [6.07, 6.45) is 9.37. The van der Waals surface area contributed by atoms with Crippen LogP contribution in [-0.4, -0.2) is 12.6 Å². The standard InChI is InChI=1S/C14H19N/c1-3-15-14-11-9-7-5-4-6-8-10-13(2)12-14/h7-8,10,14-15H,3,9,11-12H2,1-2H3/b13-10-. The minimum absolute atomic E-state index is 0.579. The Morgan fingerprint density at radius 3 is 3.13 bits per heavy atom. The fourth-order valence-corrected chi connectivity index (χ4v) is 1.70. The van der Waals surface area contributed by atoms with Crippen molar-refractivity contribution in [2.75, 3.05) is 6.54 Å². The summed E-state index contributed by atoms with van der Waals surface area (Å²) in [4.78, 5) is 0. The zero-order valence-electron chi connectivity index (χ0n) is 9.64. The largest absolute Gasteiger partial charge is 0.314 e. The molecule has 1 nitrogen and oxygen atoms in total. The maximum absolute atomic E-state index is 3.51. The third-order valence-electron chi connectivity index (χ3n) is 2.42. The van der Waals surface area contributed by atoms with Crippen LogP contribution in [0.5, 0.6) is 0 Å². The van der Waals surface area contributed by atoms with Crippen LogP contribution < -0.4 is 5.32 Å². The van der Waals surface area contributed by atoms with E-state index < -0.39 is 0 Å². The molecule has 0 spiro atoms. The van der Waals surface area contributed by atoms with Crippen molar-refractivity contribution in [3.63, 3.8) is 0 Å². The smallest absolute Gasteiger partial charge is 0.0107 e. The SMILES string of the molecule is CCNC1CCC=C=C=C=C/C=C(/C)C1. The maximum atomic E-state index is 3.51. The van der Waals surface area contributed by atoms with Crippen LogP contribution in [0.3, 0.4) is 0 Å². The molecule has 0 aromatic rings. The molecular weight excluding hydrogens is 182 g/mol. The van der Waals surface area contributed by atoms with Gasteiger partial charge in [-0.2, -0.15) is 0 Å². The molecule has 1 atom stereocenters. The Hall–Kier alpha value is -1.22. The van der Waals surface area contributed by atoms with Crippen LogP contribution in [-0.2, 0) is 0 Å². The second-order valence-electron chi connectivity index (χ2n) is 3.83. The van der Waals surface area contributed by atoms with Crippen molar-refractivity contribution in [2.45, 2.75) is 39.2 Å². The van der Waals surface area contributed by atoms with E-state index >= 15 is 0 Å². The molecule has 0 amide bonds. The maximum Gasteiger partial charge on any atom is 0.0107 e. The van der Waals surface area contributed by atoms with E-state index in [0.29, 0.717) is 6.04 Å². The first-order valence-electron chi connectivity index (χ1n) is 5.63. The van der Waals surface area contributed by atoms with E-state index in [0.717, 1.165) is 25.8 Å². The second kappa shape index (κ2) is 7.12. The molecule has 0 saturated carbocycles. The minimum atomic E-state index is 0.579. The van der Waals surface area contributed by atoms with Gasteiger partial charge in [0, 0.05) is 6.04 Å². The van der Waals surface area contributed by atoms with Crippen molar-refractivity contribution in [3.8, 4) is 0 Å². The lowest BCUT2D eigenvalue weighted by Crippen LogP contribution is -2.28. The topological polar surface area (TPSA) is 12.0 Å².